The molecule has 0 spiro atoms. The first kappa shape index (κ1) is 37.3. The van der Waals surface area contributed by atoms with Crippen LogP contribution >= 0.6 is 11.3 Å². The summed E-state index contributed by atoms with van der Waals surface area (Å²) in [6, 6.07) is 82.8. The van der Waals surface area contributed by atoms with Crippen molar-refractivity contribution in [3.8, 4) is 55.6 Å². The Hall–Kier alpha value is -7.52. The quantitative estimate of drug-likeness (QED) is 0.155. The molecule has 0 saturated heterocycles. The number of nitrogens with zero attached hydrogens (tertiary/aromatic N) is 1. The molecule has 2 heteroatoms. The van der Waals surface area contributed by atoms with E-state index in [1.165, 1.54) is 97.7 Å². The van der Waals surface area contributed by atoms with Gasteiger partial charge in [-0.15, -0.1) is 11.3 Å². The van der Waals surface area contributed by atoms with E-state index in [1.54, 1.807) is 0 Å². The van der Waals surface area contributed by atoms with Crippen LogP contribution in [0.4, 0.5) is 17.1 Å². The molecular formula is C61H43NS. The number of hydrogen-bond acceptors (Lipinski definition) is 2. The summed E-state index contributed by atoms with van der Waals surface area (Å²) in [4.78, 5) is 2.43. The summed E-state index contributed by atoms with van der Waals surface area (Å²) in [5, 5.41) is 5.17. The average Bonchev–Trinajstić information content (AvgIpc) is 3.83. The number of anilines is 3. The molecule has 298 valence electrons. The molecule has 1 aliphatic carbocycles. The highest BCUT2D eigenvalue weighted by molar-refractivity contribution is 7.26. The fourth-order valence-corrected chi connectivity index (χ4v) is 11.3. The Morgan fingerprint density at radius 1 is 0.333 bits per heavy atom. The minimum absolute atomic E-state index is 0.178. The van der Waals surface area contributed by atoms with Crippen LogP contribution in [0.5, 0.6) is 0 Å². The van der Waals surface area contributed by atoms with Gasteiger partial charge in [0, 0.05) is 42.6 Å². The maximum Gasteiger partial charge on any atom is 0.0465 e. The highest BCUT2D eigenvalue weighted by Crippen LogP contribution is 2.52. The predicted octanol–water partition coefficient (Wildman–Crippen LogP) is 17.7. The largest absolute Gasteiger partial charge is 0.310 e. The summed E-state index contributed by atoms with van der Waals surface area (Å²) in [6.45, 7) is 4.76. The van der Waals surface area contributed by atoms with Gasteiger partial charge in [-0.2, -0.15) is 0 Å². The second kappa shape index (κ2) is 14.8. The average molecular weight is 822 g/mol. The SMILES string of the molecule is CC1(C)c2cc(-c3ccccc3)ccc2-c2ccc(N(c3ccc(-c4cccc(-c5cccc6ccccc56)c4)cc3)c3ccc(-c4cccc5c4sc4ccccc45)cc3)cc21. The molecule has 0 radical (unpaired) electrons. The molecule has 0 fully saturated rings. The third-order valence-corrected chi connectivity index (χ3v) is 14.5. The second-order valence-corrected chi connectivity index (χ2v) is 18.4. The Kier molecular flexibility index (Phi) is 8.77. The van der Waals surface area contributed by atoms with E-state index in [9.17, 15) is 0 Å². The topological polar surface area (TPSA) is 3.24 Å². The molecule has 0 amide bonds. The normalized spacial score (nSPS) is 12.7. The molecule has 0 bridgehead atoms. The Labute approximate surface area is 372 Å². The number of benzene rings is 10. The van der Waals surface area contributed by atoms with E-state index in [4.69, 9.17) is 0 Å². The van der Waals surface area contributed by atoms with Gasteiger partial charge in [-0.25, -0.2) is 0 Å². The fraction of sp³-hybridized carbons (Fsp3) is 0.0492. The molecule has 11 aromatic rings. The van der Waals surface area contributed by atoms with E-state index >= 15 is 0 Å². The van der Waals surface area contributed by atoms with Crippen molar-refractivity contribution in [2.24, 2.45) is 0 Å². The van der Waals surface area contributed by atoms with Gasteiger partial charge in [-0.05, 0) is 132 Å². The van der Waals surface area contributed by atoms with Crippen molar-refractivity contribution in [1.82, 2.24) is 0 Å². The molecule has 1 aliphatic rings. The molecule has 0 N–H and O–H groups in total. The highest BCUT2D eigenvalue weighted by Gasteiger charge is 2.36. The zero-order chi connectivity index (χ0) is 42.1. The fourth-order valence-electron chi connectivity index (χ4n) is 10.0. The molecule has 1 heterocycles. The van der Waals surface area contributed by atoms with Crippen LogP contribution in [0.15, 0.2) is 224 Å². The van der Waals surface area contributed by atoms with E-state index in [1.807, 2.05) is 11.3 Å². The van der Waals surface area contributed by atoms with Crippen LogP contribution in [0.2, 0.25) is 0 Å². The van der Waals surface area contributed by atoms with Gasteiger partial charge in [0.1, 0.15) is 0 Å². The van der Waals surface area contributed by atoms with E-state index in [0.29, 0.717) is 0 Å². The number of thiophene rings is 1. The van der Waals surface area contributed by atoms with Crippen LogP contribution < -0.4 is 4.90 Å². The molecule has 63 heavy (non-hydrogen) atoms. The first-order valence-corrected chi connectivity index (χ1v) is 22.6. The van der Waals surface area contributed by atoms with Crippen molar-refractivity contribution in [3.63, 3.8) is 0 Å². The number of hydrogen-bond donors (Lipinski definition) is 0. The third kappa shape index (κ3) is 6.29. The second-order valence-electron chi connectivity index (χ2n) is 17.3. The molecular weight excluding hydrogens is 779 g/mol. The van der Waals surface area contributed by atoms with Crippen molar-refractivity contribution < 1.29 is 0 Å². The van der Waals surface area contributed by atoms with Gasteiger partial charge < -0.3 is 4.90 Å². The summed E-state index contributed by atoms with van der Waals surface area (Å²) < 4.78 is 2.66. The molecule has 0 aliphatic heterocycles. The lowest BCUT2D eigenvalue weighted by atomic mass is 9.81. The van der Waals surface area contributed by atoms with Crippen LogP contribution in [-0.2, 0) is 5.41 Å². The summed E-state index contributed by atoms with van der Waals surface area (Å²) in [7, 11) is 0. The van der Waals surface area contributed by atoms with Gasteiger partial charge in [0.2, 0.25) is 0 Å². The Morgan fingerprint density at radius 2 is 0.857 bits per heavy atom. The van der Waals surface area contributed by atoms with Gasteiger partial charge >= 0.3 is 0 Å². The van der Waals surface area contributed by atoms with Crippen LogP contribution in [0.1, 0.15) is 25.0 Å². The van der Waals surface area contributed by atoms with E-state index in [2.05, 4.69) is 243 Å². The number of rotatable bonds is 7. The maximum atomic E-state index is 2.44. The van der Waals surface area contributed by atoms with Crippen LogP contribution in [0.3, 0.4) is 0 Å². The smallest absolute Gasteiger partial charge is 0.0465 e. The van der Waals surface area contributed by atoms with Crippen molar-refractivity contribution in [2.45, 2.75) is 19.3 Å². The zero-order valence-electron chi connectivity index (χ0n) is 35.2. The summed E-state index contributed by atoms with van der Waals surface area (Å²) in [6.07, 6.45) is 0. The van der Waals surface area contributed by atoms with Gasteiger partial charge in [-0.3, -0.25) is 0 Å². The Bertz CT molecular complexity index is 3520. The zero-order valence-corrected chi connectivity index (χ0v) is 36.0. The minimum atomic E-state index is -0.178. The first-order valence-electron chi connectivity index (χ1n) is 21.8. The van der Waals surface area contributed by atoms with Crippen molar-refractivity contribution in [3.05, 3.63) is 236 Å². The summed E-state index contributed by atoms with van der Waals surface area (Å²) in [5.74, 6) is 0. The van der Waals surface area contributed by atoms with Crippen LogP contribution in [0.25, 0.3) is 86.6 Å². The van der Waals surface area contributed by atoms with Crippen molar-refractivity contribution >= 4 is 59.3 Å². The predicted molar refractivity (Wildman–Crippen MR) is 271 cm³/mol. The highest BCUT2D eigenvalue weighted by atomic mass is 32.1. The Balaban J connectivity index is 0.948. The van der Waals surface area contributed by atoms with Crippen LogP contribution in [0, 0.1) is 0 Å². The maximum absolute atomic E-state index is 2.44. The standard InChI is InChI=1S/C61H43NS/c1-61(2)57-38-45(40-13-4-3-5-14-40)29-35-53(57)54-36-34-49(39-58(54)61)62(48-32-27-43(28-33-48)52-22-12-23-56-55-20-8-9-24-59(55)63-60(52)56)47-30-25-41(26-31-47)44-17-10-18-46(37-44)51-21-11-16-42-15-6-7-19-50(42)51/h3-39H,1-2H3. The Morgan fingerprint density at radius 3 is 1.67 bits per heavy atom. The van der Waals surface area contributed by atoms with E-state index in [0.717, 1.165) is 17.1 Å². The molecule has 12 rings (SSSR count). The molecule has 1 nitrogen and oxygen atoms in total. The summed E-state index contributed by atoms with van der Waals surface area (Å²) in [5.41, 5.74) is 18.4. The van der Waals surface area contributed by atoms with E-state index < -0.39 is 0 Å². The monoisotopic (exact) mass is 821 g/mol. The lowest BCUT2D eigenvalue weighted by Crippen LogP contribution is -2.16. The first-order chi connectivity index (χ1) is 31.0. The lowest BCUT2D eigenvalue weighted by Gasteiger charge is -2.28. The summed E-state index contributed by atoms with van der Waals surface area (Å²) >= 11 is 1.88. The molecule has 0 atom stereocenters. The van der Waals surface area contributed by atoms with Crippen molar-refractivity contribution in [2.75, 3.05) is 4.90 Å². The van der Waals surface area contributed by atoms with Crippen molar-refractivity contribution in [1.29, 1.82) is 0 Å². The van der Waals surface area contributed by atoms with Gasteiger partial charge in [0.25, 0.3) is 0 Å². The lowest BCUT2D eigenvalue weighted by molar-refractivity contribution is 0.660. The van der Waals surface area contributed by atoms with Crippen LogP contribution in [-0.4, -0.2) is 0 Å². The van der Waals surface area contributed by atoms with Gasteiger partial charge in [0.05, 0.1) is 0 Å². The molecule has 0 unspecified atom stereocenters. The molecule has 10 aromatic carbocycles. The van der Waals surface area contributed by atoms with E-state index in [-0.39, 0.29) is 5.41 Å². The third-order valence-electron chi connectivity index (χ3n) is 13.3. The van der Waals surface area contributed by atoms with Gasteiger partial charge in [0.15, 0.2) is 0 Å². The molecule has 0 saturated carbocycles. The number of fused-ring (bicyclic) bond motifs is 7. The van der Waals surface area contributed by atoms with Gasteiger partial charge in [-0.1, -0.05) is 184 Å². The molecule has 1 aromatic heterocycles. The minimum Gasteiger partial charge on any atom is -0.310 e.